The van der Waals surface area contributed by atoms with Gasteiger partial charge in [0.15, 0.2) is 0 Å². The molecular weight excluding hydrogens is 196 g/mol. The van der Waals surface area contributed by atoms with E-state index in [1.165, 1.54) is 6.07 Å². The number of amides is 2. The molecule has 1 aliphatic heterocycles. The number of nitrogens with two attached hydrogens (primary N) is 1. The van der Waals surface area contributed by atoms with Crippen LogP contribution in [0.3, 0.4) is 0 Å². The number of anilines is 1. The van der Waals surface area contributed by atoms with E-state index in [2.05, 4.69) is 5.32 Å². The lowest BCUT2D eigenvalue weighted by Gasteiger charge is -2.07. The van der Waals surface area contributed by atoms with Crippen LogP contribution in [0.4, 0.5) is 5.69 Å². The average molecular weight is 206 g/mol. The Balaban J connectivity index is 2.41. The van der Waals surface area contributed by atoms with Gasteiger partial charge in [0.2, 0.25) is 11.8 Å². The summed E-state index contributed by atoms with van der Waals surface area (Å²) >= 11 is 0. The van der Waals surface area contributed by atoms with Gasteiger partial charge >= 0.3 is 0 Å². The molecule has 0 aromatic heterocycles. The zero-order valence-corrected chi connectivity index (χ0v) is 7.95. The minimum absolute atomic E-state index is 0.129. The van der Waals surface area contributed by atoms with Crippen LogP contribution in [0, 0.1) is 0 Å². The maximum atomic E-state index is 11.2. The van der Waals surface area contributed by atoms with Crippen molar-refractivity contribution in [2.75, 3.05) is 11.9 Å². The number of fused-ring (bicyclic) bond motifs is 1. The largest absolute Gasteiger partial charge is 0.491 e. The molecule has 0 bridgehead atoms. The second-order valence-corrected chi connectivity index (χ2v) is 3.22. The van der Waals surface area contributed by atoms with E-state index in [1.807, 2.05) is 0 Å². The summed E-state index contributed by atoms with van der Waals surface area (Å²) < 4.78 is 5.32. The molecule has 0 aliphatic carbocycles. The Bertz CT molecular complexity index is 429. The fourth-order valence-corrected chi connectivity index (χ4v) is 1.37. The zero-order chi connectivity index (χ0) is 10.8. The zero-order valence-electron chi connectivity index (χ0n) is 7.95. The van der Waals surface area contributed by atoms with Crippen LogP contribution in [-0.4, -0.2) is 18.4 Å². The van der Waals surface area contributed by atoms with Crippen LogP contribution in [0.1, 0.15) is 16.8 Å². The van der Waals surface area contributed by atoms with Crippen molar-refractivity contribution in [1.29, 1.82) is 0 Å². The van der Waals surface area contributed by atoms with Gasteiger partial charge in [-0.1, -0.05) is 0 Å². The monoisotopic (exact) mass is 206 g/mol. The second kappa shape index (κ2) is 3.61. The van der Waals surface area contributed by atoms with Crippen molar-refractivity contribution in [1.82, 2.24) is 0 Å². The predicted octanol–water partition coefficient (Wildman–Crippen LogP) is 0.506. The number of benzene rings is 1. The second-order valence-electron chi connectivity index (χ2n) is 3.22. The van der Waals surface area contributed by atoms with E-state index in [4.69, 9.17) is 10.5 Å². The van der Waals surface area contributed by atoms with Gasteiger partial charge in [-0.05, 0) is 18.2 Å². The molecule has 1 heterocycles. The molecule has 5 nitrogen and oxygen atoms in total. The van der Waals surface area contributed by atoms with Gasteiger partial charge in [0.05, 0.1) is 18.7 Å². The van der Waals surface area contributed by atoms with Gasteiger partial charge in [-0.25, -0.2) is 0 Å². The highest BCUT2D eigenvalue weighted by molar-refractivity contribution is 5.98. The first-order valence-electron chi connectivity index (χ1n) is 4.53. The normalized spacial score (nSPS) is 14.5. The molecule has 0 atom stereocenters. The summed E-state index contributed by atoms with van der Waals surface area (Å²) in [6, 6.07) is 4.71. The highest BCUT2D eigenvalue weighted by atomic mass is 16.5. The van der Waals surface area contributed by atoms with Crippen LogP contribution in [0.25, 0.3) is 0 Å². The summed E-state index contributed by atoms with van der Waals surface area (Å²) in [6.07, 6.45) is 0.306. The molecule has 2 rings (SSSR count). The molecule has 0 radical (unpaired) electrons. The van der Waals surface area contributed by atoms with E-state index in [0.717, 1.165) is 0 Å². The maximum absolute atomic E-state index is 11.2. The van der Waals surface area contributed by atoms with Gasteiger partial charge in [-0.3, -0.25) is 9.59 Å². The highest BCUT2D eigenvalue weighted by Gasteiger charge is 2.14. The summed E-state index contributed by atoms with van der Waals surface area (Å²) in [6.45, 7) is 0.342. The van der Waals surface area contributed by atoms with Crippen LogP contribution < -0.4 is 15.8 Å². The number of hydrogen-bond donors (Lipinski definition) is 2. The molecule has 0 saturated carbocycles. The number of nitrogens with one attached hydrogen (secondary N) is 1. The Labute approximate surface area is 86.2 Å². The first-order valence-corrected chi connectivity index (χ1v) is 4.53. The third-order valence-electron chi connectivity index (χ3n) is 2.12. The lowest BCUT2D eigenvalue weighted by Crippen LogP contribution is -2.13. The predicted molar refractivity (Wildman–Crippen MR) is 53.7 cm³/mol. The van der Waals surface area contributed by atoms with Crippen molar-refractivity contribution in [2.24, 2.45) is 5.73 Å². The Hall–Kier alpha value is -2.04. The van der Waals surface area contributed by atoms with E-state index in [1.54, 1.807) is 12.1 Å². The third-order valence-corrected chi connectivity index (χ3v) is 2.12. The number of hydrogen-bond acceptors (Lipinski definition) is 3. The quantitative estimate of drug-likeness (QED) is 0.702. The SMILES string of the molecule is NC(=O)c1ccc2c(c1)NC(=O)CCO2. The number of carbonyl (C=O) groups excluding carboxylic acids is 2. The summed E-state index contributed by atoms with van der Waals surface area (Å²) in [5, 5.41) is 2.65. The van der Waals surface area contributed by atoms with Gasteiger partial charge in [0.25, 0.3) is 0 Å². The fourth-order valence-electron chi connectivity index (χ4n) is 1.37. The average Bonchev–Trinajstić information content (AvgIpc) is 2.37. The molecule has 5 heteroatoms. The van der Waals surface area contributed by atoms with E-state index in [9.17, 15) is 9.59 Å². The van der Waals surface area contributed by atoms with Crippen molar-refractivity contribution < 1.29 is 14.3 Å². The van der Waals surface area contributed by atoms with Gasteiger partial charge in [0, 0.05) is 5.56 Å². The fraction of sp³-hybridized carbons (Fsp3) is 0.200. The summed E-state index contributed by atoms with van der Waals surface area (Å²) in [5.41, 5.74) is 5.97. The molecule has 15 heavy (non-hydrogen) atoms. The van der Waals surface area contributed by atoms with Gasteiger partial charge in [-0.15, -0.1) is 0 Å². The van der Waals surface area contributed by atoms with Crippen molar-refractivity contribution >= 4 is 17.5 Å². The van der Waals surface area contributed by atoms with Crippen molar-refractivity contribution in [3.05, 3.63) is 23.8 Å². The smallest absolute Gasteiger partial charge is 0.248 e. The summed E-state index contributed by atoms with van der Waals surface area (Å²) in [7, 11) is 0. The van der Waals surface area contributed by atoms with Crippen molar-refractivity contribution in [3.8, 4) is 5.75 Å². The topological polar surface area (TPSA) is 81.4 Å². The maximum Gasteiger partial charge on any atom is 0.248 e. The molecule has 3 N–H and O–H groups in total. The molecule has 0 unspecified atom stereocenters. The van der Waals surface area contributed by atoms with Crippen LogP contribution in [0.5, 0.6) is 5.75 Å². The molecule has 1 aromatic rings. The van der Waals surface area contributed by atoms with E-state index in [0.29, 0.717) is 30.0 Å². The lowest BCUT2D eigenvalue weighted by atomic mass is 10.2. The standard InChI is InChI=1S/C10H10N2O3/c11-10(14)6-1-2-8-7(5-6)12-9(13)3-4-15-8/h1-2,5H,3-4H2,(H2,11,14)(H,12,13). The Kier molecular flexibility index (Phi) is 2.29. The first kappa shape index (κ1) is 9.51. The molecule has 1 aromatic carbocycles. The molecular formula is C10H10N2O3. The molecule has 0 fully saturated rings. The van der Waals surface area contributed by atoms with Gasteiger partial charge < -0.3 is 15.8 Å². The van der Waals surface area contributed by atoms with Crippen LogP contribution in [0.15, 0.2) is 18.2 Å². The summed E-state index contributed by atoms with van der Waals surface area (Å²) in [4.78, 5) is 22.1. The molecule has 0 saturated heterocycles. The van der Waals surface area contributed by atoms with Crippen molar-refractivity contribution in [2.45, 2.75) is 6.42 Å². The minimum atomic E-state index is -0.531. The number of ether oxygens (including phenoxy) is 1. The molecule has 78 valence electrons. The number of carbonyl (C=O) groups is 2. The molecule has 0 spiro atoms. The third kappa shape index (κ3) is 1.90. The van der Waals surface area contributed by atoms with E-state index in [-0.39, 0.29) is 5.91 Å². The first-order chi connectivity index (χ1) is 7.16. The highest BCUT2D eigenvalue weighted by Crippen LogP contribution is 2.27. The van der Waals surface area contributed by atoms with Crippen molar-refractivity contribution in [3.63, 3.8) is 0 Å². The lowest BCUT2D eigenvalue weighted by molar-refractivity contribution is -0.116. The minimum Gasteiger partial charge on any atom is -0.491 e. The van der Waals surface area contributed by atoms with Crippen LogP contribution >= 0.6 is 0 Å². The van der Waals surface area contributed by atoms with Crippen LogP contribution in [-0.2, 0) is 4.79 Å². The summed E-state index contributed by atoms with van der Waals surface area (Å²) in [5.74, 6) is -0.0995. The van der Waals surface area contributed by atoms with Gasteiger partial charge in [0.1, 0.15) is 5.75 Å². The molecule has 2 amide bonds. The Morgan fingerprint density at radius 1 is 1.47 bits per heavy atom. The Morgan fingerprint density at radius 2 is 2.27 bits per heavy atom. The van der Waals surface area contributed by atoms with Crippen LogP contribution in [0.2, 0.25) is 0 Å². The Morgan fingerprint density at radius 3 is 3.00 bits per heavy atom. The van der Waals surface area contributed by atoms with E-state index >= 15 is 0 Å². The van der Waals surface area contributed by atoms with Gasteiger partial charge in [-0.2, -0.15) is 0 Å². The molecule has 1 aliphatic rings. The number of primary amides is 1. The number of rotatable bonds is 1. The van der Waals surface area contributed by atoms with E-state index < -0.39 is 5.91 Å².